The van der Waals surface area contributed by atoms with E-state index in [0.717, 1.165) is 5.56 Å². The van der Waals surface area contributed by atoms with E-state index in [0.29, 0.717) is 31.4 Å². The Kier molecular flexibility index (Phi) is 7.94. The van der Waals surface area contributed by atoms with Crippen molar-refractivity contribution in [2.75, 3.05) is 26.3 Å². The second-order valence-corrected chi connectivity index (χ2v) is 5.80. The molecule has 0 aliphatic heterocycles. The smallest absolute Gasteiger partial charge is 0.407 e. The minimum atomic E-state index is -0.473. The molecule has 2 N–H and O–H groups in total. The molecular weight excluding hydrogens is 296 g/mol. The first-order valence-corrected chi connectivity index (χ1v) is 7.76. The summed E-state index contributed by atoms with van der Waals surface area (Å²) < 4.78 is 10.4. The maximum absolute atomic E-state index is 11.6. The van der Waals surface area contributed by atoms with Crippen LogP contribution in [0.15, 0.2) is 18.2 Å². The fourth-order valence-corrected chi connectivity index (χ4v) is 1.66. The van der Waals surface area contributed by atoms with Gasteiger partial charge in [-0.3, -0.25) is 4.79 Å². The van der Waals surface area contributed by atoms with Gasteiger partial charge in [-0.1, -0.05) is 19.9 Å². The summed E-state index contributed by atoms with van der Waals surface area (Å²) in [5.41, 5.74) is 2.30. The molecule has 6 nitrogen and oxygen atoms in total. The number of rotatable bonds is 8. The van der Waals surface area contributed by atoms with E-state index in [1.54, 1.807) is 0 Å². The lowest BCUT2D eigenvalue weighted by atomic mass is 10.1. The summed E-state index contributed by atoms with van der Waals surface area (Å²) in [5.74, 6) is 0.724. The van der Waals surface area contributed by atoms with Crippen molar-refractivity contribution in [3.05, 3.63) is 29.3 Å². The summed E-state index contributed by atoms with van der Waals surface area (Å²) in [6.07, 6.45) is -0.473. The molecular formula is C17H26N2O4. The van der Waals surface area contributed by atoms with E-state index >= 15 is 0 Å². The normalized spacial score (nSPS) is 10.3. The van der Waals surface area contributed by atoms with E-state index in [4.69, 9.17) is 9.47 Å². The number of carbonyl (C=O) groups is 2. The molecule has 1 aromatic carbocycles. The van der Waals surface area contributed by atoms with E-state index in [2.05, 4.69) is 10.6 Å². The van der Waals surface area contributed by atoms with Gasteiger partial charge in [0.2, 0.25) is 0 Å². The third-order valence-corrected chi connectivity index (χ3v) is 3.11. The number of hydrogen-bond acceptors (Lipinski definition) is 4. The molecule has 0 heterocycles. The number of hydrogen-bond donors (Lipinski definition) is 2. The van der Waals surface area contributed by atoms with Gasteiger partial charge in [0.1, 0.15) is 5.75 Å². The van der Waals surface area contributed by atoms with Crippen molar-refractivity contribution in [2.24, 2.45) is 5.92 Å². The van der Waals surface area contributed by atoms with Crippen molar-refractivity contribution in [1.29, 1.82) is 0 Å². The highest BCUT2D eigenvalue weighted by atomic mass is 16.5. The SMILES string of the molecule is Cc1ccc(OCC(=O)NCCNC(=O)OCC(C)C)cc1C. The lowest BCUT2D eigenvalue weighted by Crippen LogP contribution is -2.37. The van der Waals surface area contributed by atoms with Gasteiger partial charge >= 0.3 is 6.09 Å². The molecule has 0 fully saturated rings. The Morgan fingerprint density at radius 3 is 2.43 bits per heavy atom. The molecule has 0 saturated carbocycles. The van der Waals surface area contributed by atoms with Crippen LogP contribution < -0.4 is 15.4 Å². The van der Waals surface area contributed by atoms with Crippen molar-refractivity contribution < 1.29 is 19.1 Å². The Morgan fingerprint density at radius 2 is 1.78 bits per heavy atom. The minimum Gasteiger partial charge on any atom is -0.484 e. The molecule has 0 saturated heterocycles. The summed E-state index contributed by atoms with van der Waals surface area (Å²) in [7, 11) is 0. The molecule has 0 bridgehead atoms. The molecule has 0 spiro atoms. The second-order valence-electron chi connectivity index (χ2n) is 5.80. The monoisotopic (exact) mass is 322 g/mol. The van der Waals surface area contributed by atoms with Crippen LogP contribution in [0.25, 0.3) is 0 Å². The quantitative estimate of drug-likeness (QED) is 0.719. The molecule has 23 heavy (non-hydrogen) atoms. The van der Waals surface area contributed by atoms with Crippen LogP contribution in [0.5, 0.6) is 5.75 Å². The Bertz CT molecular complexity index is 529. The molecule has 1 rings (SSSR count). The Morgan fingerprint density at radius 1 is 1.09 bits per heavy atom. The van der Waals surface area contributed by atoms with Gasteiger partial charge in [-0.25, -0.2) is 4.79 Å². The van der Waals surface area contributed by atoms with Crippen molar-refractivity contribution in [3.8, 4) is 5.75 Å². The molecule has 1 aromatic rings. The van der Waals surface area contributed by atoms with Crippen molar-refractivity contribution in [1.82, 2.24) is 10.6 Å². The molecule has 6 heteroatoms. The van der Waals surface area contributed by atoms with Crippen molar-refractivity contribution >= 4 is 12.0 Å². The van der Waals surface area contributed by atoms with E-state index in [1.165, 1.54) is 5.56 Å². The molecule has 2 amide bonds. The van der Waals surface area contributed by atoms with Gasteiger partial charge in [-0.2, -0.15) is 0 Å². The fraction of sp³-hybridized carbons (Fsp3) is 0.529. The molecule has 0 aliphatic rings. The average Bonchev–Trinajstić information content (AvgIpc) is 2.50. The largest absolute Gasteiger partial charge is 0.484 e. The van der Waals surface area contributed by atoms with Gasteiger partial charge in [0, 0.05) is 13.1 Å². The van der Waals surface area contributed by atoms with Crippen molar-refractivity contribution in [3.63, 3.8) is 0 Å². The number of alkyl carbamates (subject to hydrolysis) is 1. The second kappa shape index (κ2) is 9.71. The van der Waals surface area contributed by atoms with Crippen LogP contribution in [0.3, 0.4) is 0 Å². The van der Waals surface area contributed by atoms with Crippen LogP contribution in [0.1, 0.15) is 25.0 Å². The summed E-state index contributed by atoms with van der Waals surface area (Å²) in [6.45, 7) is 8.89. The van der Waals surface area contributed by atoms with Gasteiger partial charge in [0.25, 0.3) is 5.91 Å². The number of carbonyl (C=O) groups excluding carboxylic acids is 2. The number of nitrogens with one attached hydrogen (secondary N) is 2. The standard InChI is InChI=1S/C17H26N2O4/c1-12(2)10-23-17(21)19-8-7-18-16(20)11-22-15-6-5-13(3)14(4)9-15/h5-6,9,12H,7-8,10-11H2,1-4H3,(H,18,20)(H,19,21). The maximum Gasteiger partial charge on any atom is 0.407 e. The summed E-state index contributed by atoms with van der Waals surface area (Å²) >= 11 is 0. The fourth-order valence-electron chi connectivity index (χ4n) is 1.66. The summed E-state index contributed by atoms with van der Waals surface area (Å²) in [4.78, 5) is 22.9. The zero-order valence-corrected chi connectivity index (χ0v) is 14.3. The van der Waals surface area contributed by atoms with E-state index < -0.39 is 6.09 Å². The van der Waals surface area contributed by atoms with Crippen LogP contribution in [-0.4, -0.2) is 38.3 Å². The van der Waals surface area contributed by atoms with Gasteiger partial charge < -0.3 is 20.1 Å². The van der Waals surface area contributed by atoms with E-state index in [-0.39, 0.29) is 12.5 Å². The summed E-state index contributed by atoms with van der Waals surface area (Å²) in [5, 5.41) is 5.23. The molecule has 0 aliphatic carbocycles. The molecule has 0 aromatic heterocycles. The predicted octanol–water partition coefficient (Wildman–Crippen LogP) is 2.18. The van der Waals surface area contributed by atoms with Gasteiger partial charge in [-0.05, 0) is 43.0 Å². The van der Waals surface area contributed by atoms with Crippen LogP contribution >= 0.6 is 0 Å². The molecule has 128 valence electrons. The maximum atomic E-state index is 11.6. The lowest BCUT2D eigenvalue weighted by Gasteiger charge is -2.10. The third-order valence-electron chi connectivity index (χ3n) is 3.11. The highest BCUT2D eigenvalue weighted by Gasteiger charge is 2.05. The first-order valence-electron chi connectivity index (χ1n) is 7.76. The van der Waals surface area contributed by atoms with E-state index in [1.807, 2.05) is 45.9 Å². The highest BCUT2D eigenvalue weighted by molar-refractivity contribution is 5.77. The average molecular weight is 322 g/mol. The molecule has 0 atom stereocenters. The van der Waals surface area contributed by atoms with Gasteiger partial charge in [0.05, 0.1) is 6.61 Å². The Balaban J connectivity index is 2.15. The van der Waals surface area contributed by atoms with Gasteiger partial charge in [-0.15, -0.1) is 0 Å². The first kappa shape index (κ1) is 18.8. The van der Waals surface area contributed by atoms with Crippen molar-refractivity contribution in [2.45, 2.75) is 27.7 Å². The minimum absolute atomic E-state index is 0.0553. The van der Waals surface area contributed by atoms with Crippen LogP contribution in [0, 0.1) is 19.8 Å². The van der Waals surface area contributed by atoms with E-state index in [9.17, 15) is 9.59 Å². The van der Waals surface area contributed by atoms with Crippen LogP contribution in [0.2, 0.25) is 0 Å². The Labute approximate surface area is 137 Å². The third kappa shape index (κ3) is 8.09. The zero-order valence-electron chi connectivity index (χ0n) is 14.3. The highest BCUT2D eigenvalue weighted by Crippen LogP contribution is 2.16. The predicted molar refractivity (Wildman–Crippen MR) is 88.6 cm³/mol. The number of amides is 2. The van der Waals surface area contributed by atoms with Crippen LogP contribution in [-0.2, 0) is 9.53 Å². The molecule has 0 radical (unpaired) electrons. The summed E-state index contributed by atoms with van der Waals surface area (Å²) in [6, 6.07) is 5.69. The Hall–Kier alpha value is -2.24. The topological polar surface area (TPSA) is 76.7 Å². The first-order chi connectivity index (χ1) is 10.9. The molecule has 0 unspecified atom stereocenters. The zero-order chi connectivity index (χ0) is 17.2. The number of ether oxygens (including phenoxy) is 2. The van der Waals surface area contributed by atoms with Gasteiger partial charge in [0.15, 0.2) is 6.61 Å². The lowest BCUT2D eigenvalue weighted by molar-refractivity contribution is -0.123. The van der Waals surface area contributed by atoms with Crippen LogP contribution in [0.4, 0.5) is 4.79 Å². The number of benzene rings is 1. The number of aryl methyl sites for hydroxylation is 2.